The van der Waals surface area contributed by atoms with Crippen LogP contribution >= 0.6 is 0 Å². The van der Waals surface area contributed by atoms with Gasteiger partial charge in [0.25, 0.3) is 0 Å². The highest BCUT2D eigenvalue weighted by atomic mass is 16.1. The summed E-state index contributed by atoms with van der Waals surface area (Å²) in [6.45, 7) is 6.21. The molecule has 1 fully saturated rings. The van der Waals surface area contributed by atoms with E-state index in [1.807, 2.05) is 6.92 Å². The van der Waals surface area contributed by atoms with Gasteiger partial charge in [-0.1, -0.05) is 29.8 Å². The smallest absolute Gasteiger partial charge is 0.220 e. The minimum Gasteiger partial charge on any atom is -0.350 e. The second kappa shape index (κ2) is 6.71. The van der Waals surface area contributed by atoms with Crippen LogP contribution in [0.4, 0.5) is 0 Å². The first-order valence-electron chi connectivity index (χ1n) is 7.22. The average Bonchev–Trinajstić information content (AvgIpc) is 2.40. The van der Waals surface area contributed by atoms with E-state index in [2.05, 4.69) is 41.8 Å². The van der Waals surface area contributed by atoms with Gasteiger partial charge in [-0.2, -0.15) is 0 Å². The van der Waals surface area contributed by atoms with Gasteiger partial charge in [0.2, 0.25) is 5.91 Å². The van der Waals surface area contributed by atoms with Crippen LogP contribution in [0.15, 0.2) is 24.3 Å². The third kappa shape index (κ3) is 4.35. The van der Waals surface area contributed by atoms with Crippen molar-refractivity contribution in [2.45, 2.75) is 39.2 Å². The number of hydrogen-bond acceptors (Lipinski definition) is 2. The summed E-state index contributed by atoms with van der Waals surface area (Å²) < 4.78 is 0. The van der Waals surface area contributed by atoms with Crippen molar-refractivity contribution in [1.29, 1.82) is 0 Å². The molecule has 2 rings (SSSR count). The molecule has 3 heteroatoms. The Morgan fingerprint density at radius 2 is 1.95 bits per heavy atom. The Morgan fingerprint density at radius 3 is 2.58 bits per heavy atom. The summed E-state index contributed by atoms with van der Waals surface area (Å²) in [6, 6.07) is 8.44. The van der Waals surface area contributed by atoms with Gasteiger partial charge >= 0.3 is 0 Å². The van der Waals surface area contributed by atoms with E-state index in [0.29, 0.717) is 12.3 Å². The zero-order valence-corrected chi connectivity index (χ0v) is 11.9. The first-order valence-corrected chi connectivity index (χ1v) is 7.22. The van der Waals surface area contributed by atoms with Crippen LogP contribution in [0, 0.1) is 12.8 Å². The molecule has 1 atom stereocenters. The normalized spacial score (nSPS) is 18.0. The second-order valence-electron chi connectivity index (χ2n) is 5.60. The lowest BCUT2D eigenvalue weighted by atomic mass is 9.94. The predicted molar refractivity (Wildman–Crippen MR) is 77.9 cm³/mol. The van der Waals surface area contributed by atoms with Gasteiger partial charge in [0.1, 0.15) is 0 Å². The fourth-order valence-electron chi connectivity index (χ4n) is 2.59. The summed E-state index contributed by atoms with van der Waals surface area (Å²) in [7, 11) is 0. The lowest BCUT2D eigenvalue weighted by Crippen LogP contribution is -2.33. The van der Waals surface area contributed by atoms with Crippen molar-refractivity contribution < 1.29 is 4.79 Å². The zero-order chi connectivity index (χ0) is 13.7. The Balaban J connectivity index is 1.82. The second-order valence-corrected chi connectivity index (χ2v) is 5.60. The van der Waals surface area contributed by atoms with E-state index in [-0.39, 0.29) is 11.9 Å². The van der Waals surface area contributed by atoms with Gasteiger partial charge in [0.15, 0.2) is 0 Å². The van der Waals surface area contributed by atoms with E-state index in [1.54, 1.807) is 0 Å². The zero-order valence-electron chi connectivity index (χ0n) is 11.9. The third-order valence-electron chi connectivity index (χ3n) is 3.89. The van der Waals surface area contributed by atoms with Crippen molar-refractivity contribution in [3.05, 3.63) is 35.4 Å². The summed E-state index contributed by atoms with van der Waals surface area (Å²) in [4.78, 5) is 12.0. The number of nitrogens with one attached hydrogen (secondary N) is 2. The number of rotatable bonds is 4. The Hall–Kier alpha value is -1.35. The number of benzene rings is 1. The molecule has 1 aromatic carbocycles. The van der Waals surface area contributed by atoms with Crippen molar-refractivity contribution in [2.75, 3.05) is 13.1 Å². The first kappa shape index (κ1) is 14.1. The number of hydrogen-bond donors (Lipinski definition) is 2. The van der Waals surface area contributed by atoms with Gasteiger partial charge in [0.05, 0.1) is 6.04 Å². The van der Waals surface area contributed by atoms with E-state index in [1.165, 1.54) is 11.1 Å². The van der Waals surface area contributed by atoms with Crippen LogP contribution in [0.3, 0.4) is 0 Å². The minimum atomic E-state index is 0.0924. The van der Waals surface area contributed by atoms with Gasteiger partial charge < -0.3 is 10.6 Å². The topological polar surface area (TPSA) is 41.1 Å². The van der Waals surface area contributed by atoms with Crippen LogP contribution in [0.25, 0.3) is 0 Å². The van der Waals surface area contributed by atoms with Crippen LogP contribution in [-0.4, -0.2) is 19.0 Å². The highest BCUT2D eigenvalue weighted by Crippen LogP contribution is 2.17. The molecule has 3 nitrogen and oxygen atoms in total. The molecule has 19 heavy (non-hydrogen) atoms. The minimum absolute atomic E-state index is 0.0924. The van der Waals surface area contributed by atoms with Crippen molar-refractivity contribution in [1.82, 2.24) is 10.6 Å². The maximum absolute atomic E-state index is 12.0. The van der Waals surface area contributed by atoms with Crippen molar-refractivity contribution >= 4 is 5.91 Å². The molecule has 104 valence electrons. The number of piperidine rings is 1. The summed E-state index contributed by atoms with van der Waals surface area (Å²) in [5.41, 5.74) is 2.42. The molecular weight excluding hydrogens is 236 g/mol. The Bertz CT molecular complexity index is 407. The van der Waals surface area contributed by atoms with Crippen molar-refractivity contribution in [2.24, 2.45) is 5.92 Å². The standard InChI is InChI=1S/C16H24N2O/c1-12-3-5-15(6-4-12)13(2)18-16(19)11-14-7-9-17-10-8-14/h3-6,13-14,17H,7-11H2,1-2H3,(H,18,19). The average molecular weight is 260 g/mol. The largest absolute Gasteiger partial charge is 0.350 e. The molecule has 1 aliphatic heterocycles. The van der Waals surface area contributed by atoms with Gasteiger partial charge in [-0.25, -0.2) is 0 Å². The first-order chi connectivity index (χ1) is 9.15. The summed E-state index contributed by atoms with van der Waals surface area (Å²) in [6.07, 6.45) is 2.90. The van der Waals surface area contributed by atoms with Crippen LogP contribution < -0.4 is 10.6 Å². The molecule has 0 radical (unpaired) electrons. The molecule has 0 spiro atoms. The highest BCUT2D eigenvalue weighted by Gasteiger charge is 2.18. The maximum atomic E-state index is 12.0. The molecule has 1 unspecified atom stereocenters. The molecule has 0 aromatic heterocycles. The molecule has 1 aromatic rings. The lowest BCUT2D eigenvalue weighted by molar-refractivity contribution is -0.122. The van der Waals surface area contributed by atoms with E-state index in [9.17, 15) is 4.79 Å². The van der Waals surface area contributed by atoms with Crippen LogP contribution in [0.5, 0.6) is 0 Å². The number of carbonyl (C=O) groups excluding carboxylic acids is 1. The van der Waals surface area contributed by atoms with E-state index < -0.39 is 0 Å². The predicted octanol–water partition coefficient (Wildman–Crippen LogP) is 2.56. The summed E-state index contributed by atoms with van der Waals surface area (Å²) in [5, 5.41) is 6.43. The molecule has 0 bridgehead atoms. The van der Waals surface area contributed by atoms with E-state index >= 15 is 0 Å². The number of carbonyl (C=O) groups is 1. The van der Waals surface area contributed by atoms with Crippen LogP contribution in [-0.2, 0) is 4.79 Å². The summed E-state index contributed by atoms with van der Waals surface area (Å²) >= 11 is 0. The monoisotopic (exact) mass is 260 g/mol. The molecule has 1 saturated heterocycles. The molecule has 1 heterocycles. The van der Waals surface area contributed by atoms with Gasteiger partial charge in [-0.15, -0.1) is 0 Å². The number of amides is 1. The molecular formula is C16H24N2O. The molecule has 0 saturated carbocycles. The Labute approximate surface area is 115 Å². The lowest BCUT2D eigenvalue weighted by Gasteiger charge is -2.23. The van der Waals surface area contributed by atoms with Gasteiger partial charge in [-0.05, 0) is 51.3 Å². The van der Waals surface area contributed by atoms with Gasteiger partial charge in [-0.3, -0.25) is 4.79 Å². The molecule has 2 N–H and O–H groups in total. The Morgan fingerprint density at radius 1 is 1.32 bits per heavy atom. The summed E-state index contributed by atoms with van der Waals surface area (Å²) in [5.74, 6) is 0.728. The van der Waals surface area contributed by atoms with Crippen LogP contribution in [0.2, 0.25) is 0 Å². The SMILES string of the molecule is Cc1ccc(C(C)NC(=O)CC2CCNCC2)cc1. The molecule has 1 aliphatic rings. The van der Waals surface area contributed by atoms with Gasteiger partial charge in [0, 0.05) is 6.42 Å². The molecule has 1 amide bonds. The number of aryl methyl sites for hydroxylation is 1. The van der Waals surface area contributed by atoms with Crippen molar-refractivity contribution in [3.63, 3.8) is 0 Å². The van der Waals surface area contributed by atoms with Crippen LogP contribution in [0.1, 0.15) is 43.4 Å². The fourth-order valence-corrected chi connectivity index (χ4v) is 2.59. The fraction of sp³-hybridized carbons (Fsp3) is 0.562. The Kier molecular flexibility index (Phi) is 4.97. The maximum Gasteiger partial charge on any atom is 0.220 e. The quantitative estimate of drug-likeness (QED) is 0.873. The highest BCUT2D eigenvalue weighted by molar-refractivity contribution is 5.76. The third-order valence-corrected chi connectivity index (χ3v) is 3.89. The van der Waals surface area contributed by atoms with Crippen molar-refractivity contribution in [3.8, 4) is 0 Å². The molecule has 0 aliphatic carbocycles. The van der Waals surface area contributed by atoms with E-state index in [4.69, 9.17) is 0 Å². The van der Waals surface area contributed by atoms with E-state index in [0.717, 1.165) is 25.9 Å².